The molecule has 0 radical (unpaired) electrons. The van der Waals surface area contributed by atoms with Gasteiger partial charge in [0.15, 0.2) is 11.6 Å². The number of alkyl halides is 3. The molecule has 0 spiro atoms. The van der Waals surface area contributed by atoms with Crippen LogP contribution in [0.15, 0.2) is 77.6 Å². The van der Waals surface area contributed by atoms with Crippen molar-refractivity contribution < 1.29 is 22.7 Å². The standard InChI is InChI=1S/C26H20F4N2O2/c1-16-22(18-9-5-10-19(15-18)26(28,29)30)25(34)32(14-13-17-7-3-2-4-8-17)24(31-16)20-11-6-12-21(27)23(20)33/h2-12,15,33H,13-14H2,1H3. The van der Waals surface area contributed by atoms with Crippen molar-refractivity contribution in [2.75, 3.05) is 0 Å². The minimum atomic E-state index is -4.57. The smallest absolute Gasteiger partial charge is 0.416 e. The molecule has 34 heavy (non-hydrogen) atoms. The van der Waals surface area contributed by atoms with Crippen LogP contribution in [0.3, 0.4) is 0 Å². The molecule has 0 aliphatic carbocycles. The van der Waals surface area contributed by atoms with Gasteiger partial charge in [-0.15, -0.1) is 0 Å². The van der Waals surface area contributed by atoms with Gasteiger partial charge in [-0.25, -0.2) is 9.37 Å². The van der Waals surface area contributed by atoms with Gasteiger partial charge in [0.2, 0.25) is 0 Å². The molecule has 4 rings (SSSR count). The Bertz CT molecular complexity index is 1400. The second-order valence-corrected chi connectivity index (χ2v) is 7.80. The van der Waals surface area contributed by atoms with Crippen molar-refractivity contribution in [3.05, 3.63) is 106 Å². The van der Waals surface area contributed by atoms with E-state index >= 15 is 0 Å². The molecule has 1 aromatic heterocycles. The number of phenolic OH excluding ortho intramolecular Hbond substituents is 1. The number of rotatable bonds is 5. The molecule has 0 unspecified atom stereocenters. The summed E-state index contributed by atoms with van der Waals surface area (Å²) < 4.78 is 55.2. The van der Waals surface area contributed by atoms with Gasteiger partial charge < -0.3 is 5.11 Å². The van der Waals surface area contributed by atoms with Crippen LogP contribution in [-0.2, 0) is 19.1 Å². The van der Waals surface area contributed by atoms with E-state index in [9.17, 15) is 27.5 Å². The molecule has 0 aliphatic heterocycles. The van der Waals surface area contributed by atoms with E-state index in [0.29, 0.717) is 6.42 Å². The topological polar surface area (TPSA) is 55.1 Å². The average molecular weight is 468 g/mol. The zero-order valence-corrected chi connectivity index (χ0v) is 18.1. The molecule has 1 heterocycles. The lowest BCUT2D eigenvalue weighted by Crippen LogP contribution is -2.27. The maximum absolute atomic E-state index is 14.1. The van der Waals surface area contributed by atoms with Gasteiger partial charge in [0, 0.05) is 6.54 Å². The minimum Gasteiger partial charge on any atom is -0.504 e. The van der Waals surface area contributed by atoms with Gasteiger partial charge in [-0.2, -0.15) is 13.2 Å². The molecule has 4 aromatic rings. The van der Waals surface area contributed by atoms with E-state index in [2.05, 4.69) is 4.98 Å². The maximum Gasteiger partial charge on any atom is 0.416 e. The van der Waals surface area contributed by atoms with Crippen molar-refractivity contribution >= 4 is 0 Å². The molecular formula is C26H20F4N2O2. The lowest BCUT2D eigenvalue weighted by Gasteiger charge is -2.18. The van der Waals surface area contributed by atoms with Crippen LogP contribution in [0.4, 0.5) is 17.6 Å². The van der Waals surface area contributed by atoms with E-state index in [1.165, 1.54) is 35.8 Å². The Morgan fingerprint density at radius 1 is 0.971 bits per heavy atom. The van der Waals surface area contributed by atoms with E-state index < -0.39 is 28.9 Å². The van der Waals surface area contributed by atoms with E-state index in [-0.39, 0.29) is 34.8 Å². The van der Waals surface area contributed by atoms with Gasteiger partial charge in [-0.3, -0.25) is 9.36 Å². The van der Waals surface area contributed by atoms with Crippen molar-refractivity contribution in [2.45, 2.75) is 26.1 Å². The van der Waals surface area contributed by atoms with Crippen LogP contribution in [0, 0.1) is 12.7 Å². The highest BCUT2D eigenvalue weighted by atomic mass is 19.4. The highest BCUT2D eigenvalue weighted by molar-refractivity contribution is 5.70. The summed E-state index contributed by atoms with van der Waals surface area (Å²) in [6.07, 6.45) is -4.16. The Hall–Kier alpha value is -3.94. The number of aromatic hydroxyl groups is 1. The first-order chi connectivity index (χ1) is 16.2. The number of nitrogens with zero attached hydrogens (tertiary/aromatic N) is 2. The summed E-state index contributed by atoms with van der Waals surface area (Å²) in [5.41, 5.74) is -0.271. The molecule has 174 valence electrons. The third kappa shape index (κ3) is 4.57. The van der Waals surface area contributed by atoms with Crippen molar-refractivity contribution in [2.24, 2.45) is 0 Å². The number of hydrogen-bond acceptors (Lipinski definition) is 3. The summed E-state index contributed by atoms with van der Waals surface area (Å²) in [7, 11) is 0. The summed E-state index contributed by atoms with van der Waals surface area (Å²) >= 11 is 0. The molecule has 0 bridgehead atoms. The van der Waals surface area contributed by atoms with Crippen LogP contribution in [-0.4, -0.2) is 14.7 Å². The maximum atomic E-state index is 14.1. The fraction of sp³-hybridized carbons (Fsp3) is 0.154. The first kappa shape index (κ1) is 23.2. The predicted molar refractivity (Wildman–Crippen MR) is 121 cm³/mol. The molecule has 8 heteroatoms. The molecule has 0 atom stereocenters. The number of hydrogen-bond donors (Lipinski definition) is 1. The first-order valence-electron chi connectivity index (χ1n) is 10.5. The zero-order valence-electron chi connectivity index (χ0n) is 18.1. The van der Waals surface area contributed by atoms with Crippen LogP contribution in [0.5, 0.6) is 5.75 Å². The summed E-state index contributed by atoms with van der Waals surface area (Å²) in [5.74, 6) is -1.50. The van der Waals surface area contributed by atoms with Gasteiger partial charge >= 0.3 is 6.18 Å². The third-order valence-electron chi connectivity index (χ3n) is 5.52. The Labute approximate surface area is 192 Å². The largest absolute Gasteiger partial charge is 0.504 e. The minimum absolute atomic E-state index is 0.0128. The molecule has 0 fully saturated rings. The van der Waals surface area contributed by atoms with Crippen LogP contribution in [0.1, 0.15) is 16.8 Å². The Kier molecular flexibility index (Phi) is 6.24. The van der Waals surface area contributed by atoms with Gasteiger partial charge in [0.1, 0.15) is 5.82 Å². The fourth-order valence-electron chi connectivity index (χ4n) is 3.84. The second-order valence-electron chi connectivity index (χ2n) is 7.80. The zero-order chi connectivity index (χ0) is 24.5. The summed E-state index contributed by atoms with van der Waals surface area (Å²) in [4.78, 5) is 18.1. The van der Waals surface area contributed by atoms with E-state index in [0.717, 1.165) is 23.8 Å². The highest BCUT2D eigenvalue weighted by Crippen LogP contribution is 2.34. The van der Waals surface area contributed by atoms with Crippen LogP contribution >= 0.6 is 0 Å². The van der Waals surface area contributed by atoms with Crippen molar-refractivity contribution in [3.8, 4) is 28.3 Å². The Morgan fingerprint density at radius 3 is 2.38 bits per heavy atom. The van der Waals surface area contributed by atoms with Gasteiger partial charge in [0.25, 0.3) is 5.56 Å². The molecule has 1 N–H and O–H groups in total. The second kappa shape index (κ2) is 9.13. The summed E-state index contributed by atoms with van der Waals surface area (Å²) in [6, 6.07) is 17.7. The van der Waals surface area contributed by atoms with Crippen LogP contribution in [0.25, 0.3) is 22.5 Å². The first-order valence-corrected chi connectivity index (χ1v) is 10.5. The van der Waals surface area contributed by atoms with E-state index in [4.69, 9.17) is 0 Å². The number of halogens is 4. The number of para-hydroxylation sites is 1. The average Bonchev–Trinajstić information content (AvgIpc) is 2.80. The van der Waals surface area contributed by atoms with Crippen molar-refractivity contribution in [3.63, 3.8) is 0 Å². The molecule has 0 amide bonds. The van der Waals surface area contributed by atoms with Gasteiger partial charge in [-0.05, 0) is 48.7 Å². The SMILES string of the molecule is Cc1nc(-c2cccc(F)c2O)n(CCc2ccccc2)c(=O)c1-c1cccc(C(F)(F)F)c1. The van der Waals surface area contributed by atoms with E-state index in [1.807, 2.05) is 30.3 Å². The molecule has 0 aliphatic rings. The lowest BCUT2D eigenvalue weighted by atomic mass is 10.0. The third-order valence-corrected chi connectivity index (χ3v) is 5.52. The van der Waals surface area contributed by atoms with Gasteiger partial charge in [0.05, 0.1) is 22.4 Å². The molecule has 4 nitrogen and oxygen atoms in total. The predicted octanol–water partition coefficient (Wildman–Crippen LogP) is 5.99. The van der Waals surface area contributed by atoms with Gasteiger partial charge in [-0.1, -0.05) is 48.5 Å². The summed E-state index contributed by atoms with van der Waals surface area (Å²) in [5, 5.41) is 10.3. The van der Waals surface area contributed by atoms with Crippen LogP contribution in [0.2, 0.25) is 0 Å². The quantitative estimate of drug-likeness (QED) is 0.366. The Morgan fingerprint density at radius 2 is 1.68 bits per heavy atom. The highest BCUT2D eigenvalue weighted by Gasteiger charge is 2.31. The van der Waals surface area contributed by atoms with Crippen molar-refractivity contribution in [1.29, 1.82) is 0 Å². The molecule has 0 saturated heterocycles. The van der Waals surface area contributed by atoms with E-state index in [1.54, 1.807) is 0 Å². The fourth-order valence-corrected chi connectivity index (χ4v) is 3.84. The van der Waals surface area contributed by atoms with Crippen molar-refractivity contribution in [1.82, 2.24) is 9.55 Å². The number of phenols is 1. The number of aryl methyl sites for hydroxylation is 2. The number of aromatic nitrogens is 2. The monoisotopic (exact) mass is 468 g/mol. The molecule has 0 saturated carbocycles. The molecule has 3 aromatic carbocycles. The number of benzene rings is 3. The Balaban J connectivity index is 1.92. The molecular weight excluding hydrogens is 448 g/mol. The summed E-state index contributed by atoms with van der Waals surface area (Å²) in [6.45, 7) is 1.62. The normalized spacial score (nSPS) is 11.6. The lowest BCUT2D eigenvalue weighted by molar-refractivity contribution is -0.137. The van der Waals surface area contributed by atoms with Crippen LogP contribution < -0.4 is 5.56 Å².